The molecule has 6 rings (SSSR count). The van der Waals surface area contributed by atoms with Crippen molar-refractivity contribution in [2.24, 2.45) is 34.5 Å². The Morgan fingerprint density at radius 3 is 2.28 bits per heavy atom. The molecule has 1 heterocycles. The number of likely N-dealkylation sites (tertiary alicyclic amines) is 1. The van der Waals surface area contributed by atoms with Crippen LogP contribution in [0.3, 0.4) is 0 Å². The van der Waals surface area contributed by atoms with Crippen LogP contribution < -0.4 is 0 Å². The van der Waals surface area contributed by atoms with Crippen LogP contribution in [0.25, 0.3) is 0 Å². The van der Waals surface area contributed by atoms with E-state index in [0.29, 0.717) is 25.9 Å². The topological polar surface area (TPSA) is 112 Å². The molecule has 1 spiro atoms. The van der Waals surface area contributed by atoms with Gasteiger partial charge in [0.15, 0.2) is 0 Å². The third-order valence-electron chi connectivity index (χ3n) is 11.4. The van der Waals surface area contributed by atoms with Gasteiger partial charge in [-0.3, -0.25) is 4.90 Å². The monoisotopic (exact) mass is 453 g/mol. The SMILES string of the molecule is CCN1C[C@]2(COC)[C@H](O)C[C@H](OC)[C@@]34[C@@H]5C[C@]6(O)[C@@H](OC)C[C@@](O)([C@H]5[C@H]6O)[C@@H](C[C@H]23)[C@@H]14. The normalized spacial score (nSPS) is 62.4. The zero-order chi connectivity index (χ0) is 22.8. The van der Waals surface area contributed by atoms with Crippen molar-refractivity contribution in [3.05, 3.63) is 0 Å². The first kappa shape index (κ1) is 22.2. The van der Waals surface area contributed by atoms with Gasteiger partial charge in [0.25, 0.3) is 0 Å². The van der Waals surface area contributed by atoms with Crippen LogP contribution >= 0.6 is 0 Å². The predicted octanol–water partition coefficient (Wildman–Crippen LogP) is -0.383. The van der Waals surface area contributed by atoms with Crippen LogP contribution in [0.1, 0.15) is 32.6 Å². The molecule has 0 radical (unpaired) electrons. The van der Waals surface area contributed by atoms with Crippen LogP contribution in [-0.2, 0) is 14.2 Å². The number of nitrogens with zero attached hydrogens (tertiary/aromatic N) is 1. The Kier molecular flexibility index (Phi) is 4.62. The third kappa shape index (κ3) is 2.07. The van der Waals surface area contributed by atoms with E-state index >= 15 is 0 Å². The summed E-state index contributed by atoms with van der Waals surface area (Å²) in [4.78, 5) is 2.44. The van der Waals surface area contributed by atoms with E-state index in [0.717, 1.165) is 19.5 Å². The van der Waals surface area contributed by atoms with E-state index in [4.69, 9.17) is 14.2 Å². The molecule has 7 bridgehead atoms. The number of hydrogen-bond acceptors (Lipinski definition) is 8. The first-order valence-corrected chi connectivity index (χ1v) is 12.3. The standard InChI is InChI=1S/C24H39NO7/c1-5-25-10-21(11-30-2)14-6-12-19(25)24(14,16(31-3)7-15(21)26)13-8-23(29)17(32-4)9-22(12,28)18(13)20(23)27/h12-20,26-29H,5-11H2,1-4H3/t12-,13+,14+,15+,16-,17-,18+,19+,20+,21+,22-,23-,24+/m0/s1. The average Bonchev–Trinajstić information content (AvgIpc) is 3.14. The summed E-state index contributed by atoms with van der Waals surface area (Å²) in [5.41, 5.74) is -3.32. The summed E-state index contributed by atoms with van der Waals surface area (Å²) in [6.07, 6.45) is -0.411. The second kappa shape index (κ2) is 6.66. The van der Waals surface area contributed by atoms with E-state index in [9.17, 15) is 20.4 Å². The molecule has 13 atom stereocenters. The van der Waals surface area contributed by atoms with Crippen molar-refractivity contribution < 1.29 is 34.6 Å². The molecule has 0 aromatic carbocycles. The van der Waals surface area contributed by atoms with E-state index in [1.54, 1.807) is 21.3 Å². The van der Waals surface area contributed by atoms with Crippen LogP contribution in [0.4, 0.5) is 0 Å². The van der Waals surface area contributed by atoms with Crippen LogP contribution in [0.2, 0.25) is 0 Å². The third-order valence-corrected chi connectivity index (χ3v) is 11.4. The summed E-state index contributed by atoms with van der Waals surface area (Å²) >= 11 is 0. The maximum absolute atomic E-state index is 12.4. The molecule has 182 valence electrons. The van der Waals surface area contributed by atoms with Crippen LogP contribution in [0.5, 0.6) is 0 Å². The van der Waals surface area contributed by atoms with Gasteiger partial charge >= 0.3 is 0 Å². The van der Waals surface area contributed by atoms with Gasteiger partial charge in [0, 0.05) is 69.4 Å². The van der Waals surface area contributed by atoms with Crippen molar-refractivity contribution in [3.8, 4) is 0 Å². The number of hydrogen-bond donors (Lipinski definition) is 4. The molecule has 0 aromatic heterocycles. The minimum Gasteiger partial charge on any atom is -0.392 e. The summed E-state index contributed by atoms with van der Waals surface area (Å²) in [5, 5.41) is 47.0. The van der Waals surface area contributed by atoms with Crippen LogP contribution in [0.15, 0.2) is 0 Å². The van der Waals surface area contributed by atoms with E-state index in [1.165, 1.54) is 0 Å². The first-order valence-electron chi connectivity index (χ1n) is 12.3. The van der Waals surface area contributed by atoms with Crippen molar-refractivity contribution in [1.29, 1.82) is 0 Å². The fourth-order valence-electron chi connectivity index (χ4n) is 10.6. The maximum Gasteiger partial charge on any atom is 0.117 e. The maximum atomic E-state index is 12.4. The number of methoxy groups -OCH3 is 3. The summed E-state index contributed by atoms with van der Waals surface area (Å²) in [6.45, 7) is 4.13. The van der Waals surface area contributed by atoms with Crippen molar-refractivity contribution in [2.75, 3.05) is 41.0 Å². The Morgan fingerprint density at radius 1 is 0.938 bits per heavy atom. The smallest absolute Gasteiger partial charge is 0.117 e. The van der Waals surface area contributed by atoms with Gasteiger partial charge < -0.3 is 34.6 Å². The summed E-state index contributed by atoms with van der Waals surface area (Å²) in [5.74, 6) is -0.526. The van der Waals surface area contributed by atoms with Gasteiger partial charge in [-0.05, 0) is 31.2 Å². The van der Waals surface area contributed by atoms with Crippen molar-refractivity contribution in [1.82, 2.24) is 4.90 Å². The van der Waals surface area contributed by atoms with E-state index in [1.807, 2.05) is 0 Å². The van der Waals surface area contributed by atoms with Crippen molar-refractivity contribution >= 4 is 0 Å². The number of ether oxygens (including phenoxy) is 3. The zero-order valence-corrected chi connectivity index (χ0v) is 19.6. The zero-order valence-electron chi connectivity index (χ0n) is 19.6. The Hall–Kier alpha value is -0.320. The molecule has 4 N–H and O–H groups in total. The van der Waals surface area contributed by atoms with Gasteiger partial charge in [-0.15, -0.1) is 0 Å². The lowest BCUT2D eigenvalue weighted by Crippen LogP contribution is -2.78. The molecule has 6 fully saturated rings. The number of piperidine rings is 1. The molecule has 6 aliphatic rings. The quantitative estimate of drug-likeness (QED) is 0.446. The second-order valence-electron chi connectivity index (χ2n) is 11.7. The molecule has 8 heteroatoms. The fourth-order valence-corrected chi connectivity index (χ4v) is 10.6. The number of aliphatic hydroxyl groups excluding tert-OH is 2. The molecule has 0 aromatic rings. The van der Waals surface area contributed by atoms with Gasteiger partial charge in [-0.25, -0.2) is 0 Å². The van der Waals surface area contributed by atoms with Gasteiger partial charge in [0.1, 0.15) is 5.60 Å². The lowest BCUT2D eigenvalue weighted by molar-refractivity contribution is -0.298. The minimum absolute atomic E-state index is 0.0784. The fraction of sp³-hybridized carbons (Fsp3) is 1.00. The summed E-state index contributed by atoms with van der Waals surface area (Å²) in [6, 6.07) is 0.0799. The molecule has 32 heavy (non-hydrogen) atoms. The molecular weight excluding hydrogens is 414 g/mol. The number of aliphatic hydroxyl groups is 4. The van der Waals surface area contributed by atoms with Gasteiger partial charge in [-0.1, -0.05) is 6.92 Å². The van der Waals surface area contributed by atoms with Crippen LogP contribution in [0, 0.1) is 34.5 Å². The highest BCUT2D eigenvalue weighted by molar-refractivity contribution is 5.36. The molecule has 1 saturated heterocycles. The molecule has 5 aliphatic carbocycles. The molecule has 1 aliphatic heterocycles. The summed E-state index contributed by atoms with van der Waals surface area (Å²) < 4.78 is 17.6. The van der Waals surface area contributed by atoms with Crippen molar-refractivity contribution in [2.45, 2.75) is 74.3 Å². The molecular formula is C24H39NO7. The molecule has 5 saturated carbocycles. The highest BCUT2D eigenvalue weighted by atomic mass is 16.5. The average molecular weight is 454 g/mol. The van der Waals surface area contributed by atoms with Crippen molar-refractivity contribution in [3.63, 3.8) is 0 Å². The van der Waals surface area contributed by atoms with Crippen LogP contribution in [-0.4, -0.2) is 108 Å². The Bertz CT molecular complexity index is 798. The Labute approximate surface area is 189 Å². The molecule has 0 unspecified atom stereocenters. The Morgan fingerprint density at radius 2 is 1.66 bits per heavy atom. The lowest BCUT2D eigenvalue weighted by atomic mass is 9.42. The highest BCUT2D eigenvalue weighted by Gasteiger charge is 2.86. The van der Waals surface area contributed by atoms with Gasteiger partial charge in [0.05, 0.1) is 36.6 Å². The molecule has 8 nitrogen and oxygen atoms in total. The lowest BCUT2D eigenvalue weighted by Gasteiger charge is -2.70. The first-order chi connectivity index (χ1) is 15.2. The number of rotatable bonds is 5. The predicted molar refractivity (Wildman–Crippen MR) is 114 cm³/mol. The van der Waals surface area contributed by atoms with E-state index < -0.39 is 40.8 Å². The van der Waals surface area contributed by atoms with E-state index in [2.05, 4.69) is 11.8 Å². The summed E-state index contributed by atoms with van der Waals surface area (Å²) in [7, 11) is 4.98. The number of fused-ring (bicyclic) bond motifs is 2. The Balaban J connectivity index is 1.61. The highest BCUT2D eigenvalue weighted by Crippen LogP contribution is 2.79. The van der Waals surface area contributed by atoms with E-state index in [-0.39, 0.29) is 35.3 Å². The van der Waals surface area contributed by atoms with Gasteiger partial charge in [-0.2, -0.15) is 0 Å². The molecule has 0 amide bonds. The largest absolute Gasteiger partial charge is 0.392 e. The minimum atomic E-state index is -1.38. The second-order valence-corrected chi connectivity index (χ2v) is 11.7. The van der Waals surface area contributed by atoms with Gasteiger partial charge in [0.2, 0.25) is 0 Å².